The van der Waals surface area contributed by atoms with Gasteiger partial charge >= 0.3 is 5.97 Å². The number of morpholine rings is 1. The van der Waals surface area contributed by atoms with Gasteiger partial charge in [-0.1, -0.05) is 35.7 Å². The van der Waals surface area contributed by atoms with E-state index in [9.17, 15) is 4.79 Å². The molecule has 4 nitrogen and oxygen atoms in total. The van der Waals surface area contributed by atoms with Gasteiger partial charge in [-0.15, -0.1) is 0 Å². The standard InChI is InChI=1S/C18H25Cl2NO3/c1-2-23-18(22)6-4-3-5-9-21-10-11-24-17(13-21)14-7-8-15(19)16(20)12-14/h7-8,12,17H,2-6,9-11,13H2,1H3. The van der Waals surface area contributed by atoms with Crippen molar-refractivity contribution in [1.82, 2.24) is 4.90 Å². The van der Waals surface area contributed by atoms with Gasteiger partial charge in [-0.3, -0.25) is 9.69 Å². The molecule has 0 saturated carbocycles. The van der Waals surface area contributed by atoms with Crippen LogP contribution in [0.5, 0.6) is 0 Å². The van der Waals surface area contributed by atoms with Crippen LogP contribution in [0.3, 0.4) is 0 Å². The molecule has 1 aliphatic rings. The fraction of sp³-hybridized carbons (Fsp3) is 0.611. The second-order valence-electron chi connectivity index (χ2n) is 5.95. The maximum Gasteiger partial charge on any atom is 0.305 e. The highest BCUT2D eigenvalue weighted by molar-refractivity contribution is 6.42. The smallest absolute Gasteiger partial charge is 0.305 e. The van der Waals surface area contributed by atoms with Crippen molar-refractivity contribution in [2.24, 2.45) is 0 Å². The lowest BCUT2D eigenvalue weighted by Crippen LogP contribution is -2.38. The first kappa shape index (κ1) is 19.5. The number of unbranched alkanes of at least 4 members (excludes halogenated alkanes) is 2. The molecule has 1 heterocycles. The minimum Gasteiger partial charge on any atom is -0.466 e. The topological polar surface area (TPSA) is 38.8 Å². The molecule has 134 valence electrons. The Kier molecular flexibility index (Phi) is 8.33. The Morgan fingerprint density at radius 1 is 1.29 bits per heavy atom. The molecule has 1 aliphatic heterocycles. The lowest BCUT2D eigenvalue weighted by molar-refractivity contribution is -0.143. The molecular weight excluding hydrogens is 349 g/mol. The lowest BCUT2D eigenvalue weighted by Gasteiger charge is -2.33. The van der Waals surface area contributed by atoms with Gasteiger partial charge in [0, 0.05) is 19.5 Å². The van der Waals surface area contributed by atoms with E-state index in [-0.39, 0.29) is 12.1 Å². The van der Waals surface area contributed by atoms with Gasteiger partial charge in [0.1, 0.15) is 0 Å². The van der Waals surface area contributed by atoms with E-state index in [1.54, 1.807) is 0 Å². The largest absolute Gasteiger partial charge is 0.466 e. The first-order chi connectivity index (χ1) is 11.6. The molecule has 1 atom stereocenters. The maximum absolute atomic E-state index is 11.3. The van der Waals surface area contributed by atoms with Gasteiger partial charge in [0.05, 0.1) is 29.4 Å². The number of esters is 1. The zero-order valence-electron chi connectivity index (χ0n) is 14.1. The molecule has 6 heteroatoms. The number of hydrogen-bond acceptors (Lipinski definition) is 4. The third kappa shape index (κ3) is 6.25. The molecule has 0 radical (unpaired) electrons. The lowest BCUT2D eigenvalue weighted by atomic mass is 10.1. The first-order valence-electron chi connectivity index (χ1n) is 8.54. The predicted octanol–water partition coefficient (Wildman–Crippen LogP) is 4.49. The summed E-state index contributed by atoms with van der Waals surface area (Å²) in [5.74, 6) is -0.0939. The van der Waals surface area contributed by atoms with Gasteiger partial charge in [-0.05, 0) is 44.0 Å². The van der Waals surface area contributed by atoms with E-state index < -0.39 is 0 Å². The third-order valence-corrected chi connectivity index (χ3v) is 4.87. The van der Waals surface area contributed by atoms with Crippen LogP contribution in [-0.4, -0.2) is 43.7 Å². The maximum atomic E-state index is 11.3. The summed E-state index contributed by atoms with van der Waals surface area (Å²) in [4.78, 5) is 13.7. The monoisotopic (exact) mass is 373 g/mol. The summed E-state index contributed by atoms with van der Waals surface area (Å²) in [6, 6.07) is 5.68. The Bertz CT molecular complexity index is 539. The van der Waals surface area contributed by atoms with Crippen LogP contribution in [0.25, 0.3) is 0 Å². The number of benzene rings is 1. The van der Waals surface area contributed by atoms with E-state index in [1.165, 1.54) is 0 Å². The van der Waals surface area contributed by atoms with Crippen LogP contribution >= 0.6 is 23.2 Å². The second-order valence-corrected chi connectivity index (χ2v) is 6.76. The summed E-state index contributed by atoms with van der Waals surface area (Å²) in [5.41, 5.74) is 1.07. The number of hydrogen-bond donors (Lipinski definition) is 0. The summed E-state index contributed by atoms with van der Waals surface area (Å²) in [6.07, 6.45) is 3.55. The van der Waals surface area contributed by atoms with E-state index in [2.05, 4.69) is 4.90 Å². The number of nitrogens with zero attached hydrogens (tertiary/aromatic N) is 1. The normalized spacial score (nSPS) is 18.5. The van der Waals surface area contributed by atoms with Gasteiger partial charge in [0.2, 0.25) is 0 Å². The highest BCUT2D eigenvalue weighted by Crippen LogP contribution is 2.29. The molecule has 0 amide bonds. The Morgan fingerprint density at radius 3 is 2.88 bits per heavy atom. The molecule has 0 bridgehead atoms. The van der Waals surface area contributed by atoms with Crippen LogP contribution in [-0.2, 0) is 14.3 Å². The van der Waals surface area contributed by atoms with Crippen molar-refractivity contribution in [3.63, 3.8) is 0 Å². The van der Waals surface area contributed by atoms with Crippen molar-refractivity contribution in [2.45, 2.75) is 38.7 Å². The highest BCUT2D eigenvalue weighted by Gasteiger charge is 2.22. The first-order valence-corrected chi connectivity index (χ1v) is 9.30. The molecule has 1 aromatic carbocycles. The zero-order chi connectivity index (χ0) is 17.4. The van der Waals surface area contributed by atoms with Gasteiger partial charge in [0.25, 0.3) is 0 Å². The van der Waals surface area contributed by atoms with Crippen LogP contribution in [0.15, 0.2) is 18.2 Å². The molecule has 2 rings (SSSR count). The van der Waals surface area contributed by atoms with Crippen molar-refractivity contribution >= 4 is 29.2 Å². The predicted molar refractivity (Wildman–Crippen MR) is 96.7 cm³/mol. The average molecular weight is 374 g/mol. The summed E-state index contributed by atoms with van der Waals surface area (Å²) in [6.45, 7) is 5.83. The molecule has 0 aliphatic carbocycles. The van der Waals surface area contributed by atoms with E-state index in [0.29, 0.717) is 29.7 Å². The average Bonchev–Trinajstić information content (AvgIpc) is 2.57. The van der Waals surface area contributed by atoms with Gasteiger partial charge in [-0.25, -0.2) is 0 Å². The van der Waals surface area contributed by atoms with Crippen molar-refractivity contribution in [3.8, 4) is 0 Å². The summed E-state index contributed by atoms with van der Waals surface area (Å²) >= 11 is 12.1. The molecule has 0 aromatic heterocycles. The Morgan fingerprint density at radius 2 is 2.12 bits per heavy atom. The molecule has 1 fully saturated rings. The summed E-state index contributed by atoms with van der Waals surface area (Å²) in [7, 11) is 0. The van der Waals surface area contributed by atoms with E-state index in [1.807, 2.05) is 25.1 Å². The van der Waals surface area contributed by atoms with Crippen LogP contribution < -0.4 is 0 Å². The van der Waals surface area contributed by atoms with E-state index >= 15 is 0 Å². The Hall–Kier alpha value is -0.810. The van der Waals surface area contributed by atoms with Gasteiger partial charge in [0.15, 0.2) is 0 Å². The van der Waals surface area contributed by atoms with Crippen molar-refractivity contribution in [1.29, 1.82) is 0 Å². The number of carbonyl (C=O) groups is 1. The molecule has 1 saturated heterocycles. The Balaban J connectivity index is 1.71. The fourth-order valence-electron chi connectivity index (χ4n) is 2.83. The molecule has 1 aromatic rings. The minimum absolute atomic E-state index is 0.0352. The van der Waals surface area contributed by atoms with Crippen LogP contribution in [0.2, 0.25) is 10.0 Å². The molecule has 24 heavy (non-hydrogen) atoms. The van der Waals surface area contributed by atoms with Crippen LogP contribution in [0.4, 0.5) is 0 Å². The van der Waals surface area contributed by atoms with Crippen molar-refractivity contribution in [3.05, 3.63) is 33.8 Å². The minimum atomic E-state index is -0.0939. The third-order valence-electron chi connectivity index (χ3n) is 4.13. The van der Waals surface area contributed by atoms with Crippen molar-refractivity contribution < 1.29 is 14.3 Å². The SMILES string of the molecule is CCOC(=O)CCCCCN1CCOC(c2ccc(Cl)c(Cl)c2)C1. The summed E-state index contributed by atoms with van der Waals surface area (Å²) < 4.78 is 10.8. The highest BCUT2D eigenvalue weighted by atomic mass is 35.5. The number of ether oxygens (including phenoxy) is 2. The van der Waals surface area contributed by atoms with E-state index in [0.717, 1.165) is 44.5 Å². The zero-order valence-corrected chi connectivity index (χ0v) is 15.6. The summed E-state index contributed by atoms with van der Waals surface area (Å²) in [5, 5.41) is 1.13. The Labute approximate surface area is 154 Å². The molecule has 0 N–H and O–H groups in total. The van der Waals surface area contributed by atoms with E-state index in [4.69, 9.17) is 32.7 Å². The van der Waals surface area contributed by atoms with Gasteiger partial charge < -0.3 is 9.47 Å². The second kappa shape index (κ2) is 10.2. The number of carbonyl (C=O) groups excluding carboxylic acids is 1. The molecular formula is C18H25Cl2NO3. The van der Waals surface area contributed by atoms with Gasteiger partial charge in [-0.2, -0.15) is 0 Å². The molecule has 1 unspecified atom stereocenters. The van der Waals surface area contributed by atoms with Crippen LogP contribution in [0.1, 0.15) is 44.3 Å². The molecule has 0 spiro atoms. The number of halogens is 2. The quantitative estimate of drug-likeness (QED) is 0.497. The fourth-order valence-corrected chi connectivity index (χ4v) is 3.14. The van der Waals surface area contributed by atoms with Crippen LogP contribution in [0, 0.1) is 0 Å². The number of rotatable bonds is 8. The van der Waals surface area contributed by atoms with Crippen molar-refractivity contribution in [2.75, 3.05) is 32.8 Å².